The van der Waals surface area contributed by atoms with Gasteiger partial charge in [-0.05, 0) is 42.8 Å². The van der Waals surface area contributed by atoms with Crippen LogP contribution in [0.3, 0.4) is 0 Å². The summed E-state index contributed by atoms with van der Waals surface area (Å²) in [7, 11) is 0. The molecule has 1 aliphatic heterocycles. The third kappa shape index (κ3) is 1.89. The predicted molar refractivity (Wildman–Crippen MR) is 70.5 cm³/mol. The Morgan fingerprint density at radius 2 is 1.76 bits per heavy atom. The topological polar surface area (TPSA) is 32.3 Å². The van der Waals surface area contributed by atoms with Gasteiger partial charge in [0.05, 0.1) is 0 Å². The van der Waals surface area contributed by atoms with Crippen LogP contribution in [0.5, 0.6) is 5.75 Å². The Balaban J connectivity index is 2.07. The first kappa shape index (κ1) is 10.6. The molecule has 88 valence electrons. The number of hydrogen-bond acceptors (Lipinski definition) is 2. The molecule has 0 saturated carbocycles. The second-order valence-corrected chi connectivity index (χ2v) is 4.75. The number of nitrogens with one attached hydrogen (secondary N) is 1. The lowest BCUT2D eigenvalue weighted by Gasteiger charge is -2.24. The van der Waals surface area contributed by atoms with Crippen molar-refractivity contribution in [3.8, 4) is 5.75 Å². The van der Waals surface area contributed by atoms with E-state index in [9.17, 15) is 5.11 Å². The number of fused-ring (bicyclic) bond motifs is 1. The molecule has 3 rings (SSSR count). The molecule has 2 heteroatoms. The van der Waals surface area contributed by atoms with Crippen LogP contribution in [0, 0.1) is 0 Å². The van der Waals surface area contributed by atoms with Crippen molar-refractivity contribution in [3.63, 3.8) is 0 Å². The smallest absolute Gasteiger partial charge is 0.126 e. The van der Waals surface area contributed by atoms with Crippen molar-refractivity contribution < 1.29 is 5.11 Å². The van der Waals surface area contributed by atoms with Crippen molar-refractivity contribution in [3.05, 3.63) is 42.0 Å². The highest BCUT2D eigenvalue weighted by Crippen LogP contribution is 2.36. The van der Waals surface area contributed by atoms with E-state index >= 15 is 0 Å². The molecule has 17 heavy (non-hydrogen) atoms. The second kappa shape index (κ2) is 4.38. The summed E-state index contributed by atoms with van der Waals surface area (Å²) in [5.41, 5.74) is 1.12. The van der Waals surface area contributed by atoms with Gasteiger partial charge >= 0.3 is 0 Å². The average molecular weight is 227 g/mol. The van der Waals surface area contributed by atoms with Gasteiger partial charge in [-0.3, -0.25) is 0 Å². The molecule has 0 unspecified atom stereocenters. The lowest BCUT2D eigenvalue weighted by Crippen LogP contribution is -2.26. The highest BCUT2D eigenvalue weighted by Gasteiger charge is 2.19. The Labute approximate surface area is 101 Å². The third-order valence-corrected chi connectivity index (χ3v) is 3.71. The minimum Gasteiger partial charge on any atom is -0.507 e. The lowest BCUT2D eigenvalue weighted by atomic mass is 9.88. The van der Waals surface area contributed by atoms with E-state index in [4.69, 9.17) is 0 Å². The summed E-state index contributed by atoms with van der Waals surface area (Å²) in [6.07, 6.45) is 2.23. The molecule has 2 aromatic carbocycles. The first-order chi connectivity index (χ1) is 8.36. The maximum atomic E-state index is 10.4. The van der Waals surface area contributed by atoms with Gasteiger partial charge in [0.1, 0.15) is 5.75 Å². The minimum atomic E-state index is 0.481. The third-order valence-electron chi connectivity index (χ3n) is 3.71. The largest absolute Gasteiger partial charge is 0.507 e. The SMILES string of the molecule is Oc1c(C2CCNCC2)ccc2ccccc12. The van der Waals surface area contributed by atoms with Crippen LogP contribution in [0.2, 0.25) is 0 Å². The zero-order valence-electron chi connectivity index (χ0n) is 9.82. The average Bonchev–Trinajstić information content (AvgIpc) is 2.40. The van der Waals surface area contributed by atoms with Crippen LogP contribution in [0.15, 0.2) is 36.4 Å². The Hall–Kier alpha value is -1.54. The number of aromatic hydroxyl groups is 1. The van der Waals surface area contributed by atoms with Gasteiger partial charge in [0.25, 0.3) is 0 Å². The van der Waals surface area contributed by atoms with Gasteiger partial charge in [-0.2, -0.15) is 0 Å². The standard InChI is InChI=1S/C15H17NO/c17-15-13-4-2-1-3-11(13)5-6-14(15)12-7-9-16-10-8-12/h1-6,12,16-17H,7-10H2. The van der Waals surface area contributed by atoms with Gasteiger partial charge in [-0.25, -0.2) is 0 Å². The summed E-state index contributed by atoms with van der Waals surface area (Å²) in [5.74, 6) is 0.982. The predicted octanol–water partition coefficient (Wildman–Crippen LogP) is 3.01. The maximum Gasteiger partial charge on any atom is 0.126 e. The van der Waals surface area contributed by atoms with Crippen LogP contribution in [-0.2, 0) is 0 Å². The zero-order chi connectivity index (χ0) is 11.7. The molecule has 0 spiro atoms. The molecule has 0 radical (unpaired) electrons. The molecule has 0 aliphatic carbocycles. The second-order valence-electron chi connectivity index (χ2n) is 4.75. The van der Waals surface area contributed by atoms with Gasteiger partial charge in [0.2, 0.25) is 0 Å². The molecule has 0 aromatic heterocycles. The fraction of sp³-hybridized carbons (Fsp3) is 0.333. The van der Waals surface area contributed by atoms with Crippen molar-refractivity contribution >= 4 is 10.8 Å². The van der Waals surface area contributed by atoms with Gasteiger partial charge < -0.3 is 10.4 Å². The molecule has 1 fully saturated rings. The Morgan fingerprint density at radius 3 is 2.59 bits per heavy atom. The van der Waals surface area contributed by atoms with Crippen LogP contribution < -0.4 is 5.32 Å². The van der Waals surface area contributed by atoms with E-state index in [1.54, 1.807) is 0 Å². The zero-order valence-corrected chi connectivity index (χ0v) is 9.82. The van der Waals surface area contributed by atoms with E-state index in [0.29, 0.717) is 11.7 Å². The van der Waals surface area contributed by atoms with E-state index in [2.05, 4.69) is 17.4 Å². The molecular weight excluding hydrogens is 210 g/mol. The number of phenols is 1. The number of rotatable bonds is 1. The van der Waals surface area contributed by atoms with Crippen LogP contribution in [0.1, 0.15) is 24.3 Å². The highest BCUT2D eigenvalue weighted by atomic mass is 16.3. The lowest BCUT2D eigenvalue weighted by molar-refractivity contribution is 0.428. The first-order valence-electron chi connectivity index (χ1n) is 6.27. The van der Waals surface area contributed by atoms with Crippen molar-refractivity contribution in [1.82, 2.24) is 5.32 Å². The molecule has 1 aliphatic rings. The first-order valence-corrected chi connectivity index (χ1v) is 6.27. The fourth-order valence-corrected chi connectivity index (χ4v) is 2.73. The molecule has 2 N–H and O–H groups in total. The summed E-state index contributed by atoms with van der Waals surface area (Å²) in [6.45, 7) is 2.11. The summed E-state index contributed by atoms with van der Waals surface area (Å²) in [6, 6.07) is 12.2. The van der Waals surface area contributed by atoms with Crippen LogP contribution in [0.4, 0.5) is 0 Å². The van der Waals surface area contributed by atoms with Crippen molar-refractivity contribution in [1.29, 1.82) is 0 Å². The Morgan fingerprint density at radius 1 is 1.00 bits per heavy atom. The van der Waals surface area contributed by atoms with Crippen LogP contribution in [-0.4, -0.2) is 18.2 Å². The summed E-state index contributed by atoms with van der Waals surface area (Å²) in [4.78, 5) is 0. The molecule has 0 bridgehead atoms. The maximum absolute atomic E-state index is 10.4. The quantitative estimate of drug-likeness (QED) is 0.785. The number of benzene rings is 2. The Bertz CT molecular complexity index is 529. The van der Waals surface area contributed by atoms with Gasteiger partial charge in [0, 0.05) is 5.39 Å². The summed E-state index contributed by atoms with van der Waals surface area (Å²) >= 11 is 0. The fourth-order valence-electron chi connectivity index (χ4n) is 2.73. The molecule has 0 atom stereocenters. The van der Waals surface area contributed by atoms with Crippen molar-refractivity contribution in [2.75, 3.05) is 13.1 Å². The van der Waals surface area contributed by atoms with Crippen LogP contribution >= 0.6 is 0 Å². The Kier molecular flexibility index (Phi) is 2.73. The normalized spacial score (nSPS) is 17.4. The van der Waals surface area contributed by atoms with E-state index in [0.717, 1.165) is 42.3 Å². The van der Waals surface area contributed by atoms with Gasteiger partial charge in [0.15, 0.2) is 0 Å². The molecular formula is C15H17NO. The monoisotopic (exact) mass is 227 g/mol. The van der Waals surface area contributed by atoms with Crippen molar-refractivity contribution in [2.24, 2.45) is 0 Å². The minimum absolute atomic E-state index is 0.481. The summed E-state index contributed by atoms with van der Waals surface area (Å²) in [5, 5.41) is 15.8. The molecule has 2 aromatic rings. The molecule has 1 saturated heterocycles. The van der Waals surface area contributed by atoms with Gasteiger partial charge in [-0.15, -0.1) is 0 Å². The highest BCUT2D eigenvalue weighted by molar-refractivity contribution is 5.89. The van der Waals surface area contributed by atoms with E-state index in [-0.39, 0.29) is 0 Å². The van der Waals surface area contributed by atoms with E-state index in [1.807, 2.05) is 24.3 Å². The number of phenolic OH excluding ortho intramolecular Hbond substituents is 1. The summed E-state index contributed by atoms with van der Waals surface area (Å²) < 4.78 is 0. The number of piperidine rings is 1. The molecule has 1 heterocycles. The van der Waals surface area contributed by atoms with Gasteiger partial charge in [-0.1, -0.05) is 36.4 Å². The van der Waals surface area contributed by atoms with Crippen molar-refractivity contribution in [2.45, 2.75) is 18.8 Å². The molecule has 2 nitrogen and oxygen atoms in total. The van der Waals surface area contributed by atoms with E-state index < -0.39 is 0 Å². The van der Waals surface area contributed by atoms with E-state index in [1.165, 1.54) is 0 Å². The molecule has 0 amide bonds. The van der Waals surface area contributed by atoms with Crippen LogP contribution in [0.25, 0.3) is 10.8 Å². The number of hydrogen-bond donors (Lipinski definition) is 2.